The summed E-state index contributed by atoms with van der Waals surface area (Å²) in [5.41, 5.74) is 6.23. The molecule has 1 aromatic carbocycles. The predicted octanol–water partition coefficient (Wildman–Crippen LogP) is 3.48. The van der Waals surface area contributed by atoms with Gasteiger partial charge in [-0.2, -0.15) is 0 Å². The van der Waals surface area contributed by atoms with Gasteiger partial charge in [0.2, 0.25) is 0 Å². The van der Waals surface area contributed by atoms with Gasteiger partial charge in [-0.1, -0.05) is 11.6 Å². The molecule has 0 radical (unpaired) electrons. The molecule has 0 unspecified atom stereocenters. The monoisotopic (exact) mass is 258 g/mol. The zero-order valence-corrected chi connectivity index (χ0v) is 10.9. The molecule has 1 amide bonds. The van der Waals surface area contributed by atoms with Crippen molar-refractivity contribution in [1.82, 2.24) is 4.90 Å². The zero-order chi connectivity index (χ0) is 12.1. The van der Waals surface area contributed by atoms with Crippen molar-refractivity contribution in [2.45, 2.75) is 18.7 Å². The Morgan fingerprint density at radius 1 is 1.38 bits per heavy atom. The van der Waals surface area contributed by atoms with E-state index in [9.17, 15) is 4.79 Å². The highest BCUT2D eigenvalue weighted by Gasteiger charge is 2.11. The molecular weight excluding hydrogens is 244 g/mol. The third-order valence-electron chi connectivity index (χ3n) is 2.12. The van der Waals surface area contributed by atoms with Gasteiger partial charge in [0.1, 0.15) is 0 Å². The van der Waals surface area contributed by atoms with Crippen LogP contribution in [0, 0.1) is 0 Å². The lowest BCUT2D eigenvalue weighted by atomic mass is 10.3. The maximum absolute atomic E-state index is 11.8. The largest absolute Gasteiger partial charge is 0.399 e. The predicted molar refractivity (Wildman–Crippen MR) is 70.0 cm³/mol. The van der Waals surface area contributed by atoms with E-state index in [0.29, 0.717) is 23.8 Å². The van der Waals surface area contributed by atoms with Crippen molar-refractivity contribution in [2.24, 2.45) is 0 Å². The van der Waals surface area contributed by atoms with Gasteiger partial charge in [0.05, 0.1) is 0 Å². The fourth-order valence-corrected chi connectivity index (χ4v) is 2.57. The molecular formula is C11H15ClN2OS. The number of nitrogen functional groups attached to an aromatic ring is 1. The maximum Gasteiger partial charge on any atom is 0.286 e. The number of carbonyl (C=O) groups excluding carboxylic acids is 1. The Balaban J connectivity index is 2.76. The van der Waals surface area contributed by atoms with Gasteiger partial charge >= 0.3 is 0 Å². The summed E-state index contributed by atoms with van der Waals surface area (Å²) in [6.45, 7) is 5.32. The summed E-state index contributed by atoms with van der Waals surface area (Å²) in [6.07, 6.45) is 0. The van der Waals surface area contributed by atoms with E-state index in [-0.39, 0.29) is 5.24 Å². The summed E-state index contributed by atoms with van der Waals surface area (Å²) < 4.78 is 0. The van der Waals surface area contributed by atoms with Gasteiger partial charge in [-0.25, -0.2) is 0 Å². The van der Waals surface area contributed by atoms with E-state index in [4.69, 9.17) is 17.3 Å². The number of hydrogen-bond acceptors (Lipinski definition) is 3. The highest BCUT2D eigenvalue weighted by atomic mass is 35.5. The molecule has 2 N–H and O–H groups in total. The van der Waals surface area contributed by atoms with E-state index >= 15 is 0 Å². The fourth-order valence-electron chi connectivity index (χ4n) is 1.29. The minimum atomic E-state index is 0.0201. The van der Waals surface area contributed by atoms with Crippen LogP contribution in [0.1, 0.15) is 13.8 Å². The molecule has 0 spiro atoms. The summed E-state index contributed by atoms with van der Waals surface area (Å²) >= 11 is 7.01. The molecule has 0 heterocycles. The number of hydrogen-bond donors (Lipinski definition) is 1. The molecule has 0 aliphatic carbocycles. The summed E-state index contributed by atoms with van der Waals surface area (Å²) in [6, 6.07) is 5.15. The van der Waals surface area contributed by atoms with Crippen molar-refractivity contribution in [3.8, 4) is 0 Å². The smallest absolute Gasteiger partial charge is 0.286 e. The van der Waals surface area contributed by atoms with E-state index in [0.717, 1.165) is 16.7 Å². The van der Waals surface area contributed by atoms with E-state index in [1.54, 1.807) is 23.1 Å². The molecule has 5 heteroatoms. The van der Waals surface area contributed by atoms with Crippen LogP contribution < -0.4 is 5.73 Å². The lowest BCUT2D eigenvalue weighted by molar-refractivity contribution is 0.228. The summed E-state index contributed by atoms with van der Waals surface area (Å²) in [5, 5.41) is 0.571. The van der Waals surface area contributed by atoms with Gasteiger partial charge in [0.15, 0.2) is 0 Å². The molecule has 0 fully saturated rings. The number of nitrogens with zero attached hydrogens (tertiary/aromatic N) is 1. The van der Waals surface area contributed by atoms with Gasteiger partial charge < -0.3 is 10.6 Å². The molecule has 0 saturated heterocycles. The molecule has 0 atom stereocenters. The van der Waals surface area contributed by atoms with Crippen LogP contribution in [0.15, 0.2) is 23.1 Å². The van der Waals surface area contributed by atoms with Crippen molar-refractivity contribution < 1.29 is 4.79 Å². The number of thioether (sulfide) groups is 1. The number of rotatable bonds is 3. The van der Waals surface area contributed by atoms with E-state index in [1.807, 2.05) is 13.8 Å². The van der Waals surface area contributed by atoms with E-state index in [2.05, 4.69) is 0 Å². The number of anilines is 1. The number of amides is 1. The standard InChI is InChI=1S/C11H15ClN2OS/c1-3-14(4-2)11(15)16-10-6-8(12)5-9(13)7-10/h5-7H,3-4,13H2,1-2H3. The number of carbonyl (C=O) groups is 1. The highest BCUT2D eigenvalue weighted by molar-refractivity contribution is 8.13. The number of nitrogens with two attached hydrogens (primary N) is 1. The lowest BCUT2D eigenvalue weighted by Gasteiger charge is -2.17. The van der Waals surface area contributed by atoms with Crippen LogP contribution in [0.3, 0.4) is 0 Å². The number of benzene rings is 1. The Labute approximate surface area is 105 Å². The SMILES string of the molecule is CCN(CC)C(=O)Sc1cc(N)cc(Cl)c1. The minimum absolute atomic E-state index is 0.0201. The Morgan fingerprint density at radius 3 is 2.50 bits per heavy atom. The summed E-state index contributed by atoms with van der Waals surface area (Å²) in [7, 11) is 0. The first-order valence-corrected chi connectivity index (χ1v) is 6.29. The van der Waals surface area contributed by atoms with Gasteiger partial charge in [-0.15, -0.1) is 0 Å². The van der Waals surface area contributed by atoms with Gasteiger partial charge in [-0.3, -0.25) is 4.79 Å². The molecule has 16 heavy (non-hydrogen) atoms. The first kappa shape index (κ1) is 13.2. The Morgan fingerprint density at radius 2 is 2.00 bits per heavy atom. The maximum atomic E-state index is 11.8. The molecule has 0 aliphatic heterocycles. The van der Waals surface area contributed by atoms with E-state index in [1.165, 1.54) is 0 Å². The molecule has 1 rings (SSSR count). The Hall–Kier alpha value is -0.870. The molecule has 1 aromatic rings. The normalized spacial score (nSPS) is 10.2. The number of halogens is 1. The molecule has 0 saturated carbocycles. The van der Waals surface area contributed by atoms with Crippen LogP contribution in [0.4, 0.5) is 10.5 Å². The summed E-state index contributed by atoms with van der Waals surface area (Å²) in [4.78, 5) is 14.3. The quantitative estimate of drug-likeness (QED) is 0.667. The third kappa shape index (κ3) is 3.61. The zero-order valence-electron chi connectivity index (χ0n) is 9.37. The second-order valence-electron chi connectivity index (χ2n) is 3.26. The highest BCUT2D eigenvalue weighted by Crippen LogP contribution is 2.27. The molecule has 0 aliphatic rings. The summed E-state index contributed by atoms with van der Waals surface area (Å²) in [5.74, 6) is 0. The first-order chi connectivity index (χ1) is 7.56. The van der Waals surface area contributed by atoms with Crippen molar-refractivity contribution in [3.63, 3.8) is 0 Å². The van der Waals surface area contributed by atoms with Gasteiger partial charge in [-0.05, 0) is 43.8 Å². The minimum Gasteiger partial charge on any atom is -0.399 e. The molecule has 0 aromatic heterocycles. The Bertz CT molecular complexity index is 360. The fraction of sp³-hybridized carbons (Fsp3) is 0.364. The first-order valence-electron chi connectivity index (χ1n) is 5.09. The van der Waals surface area contributed by atoms with Crippen LogP contribution in [0.25, 0.3) is 0 Å². The van der Waals surface area contributed by atoms with Crippen molar-refractivity contribution >= 4 is 34.3 Å². The molecule has 0 bridgehead atoms. The second kappa shape index (κ2) is 6.01. The Kier molecular flexibility index (Phi) is 4.96. The molecule has 88 valence electrons. The van der Waals surface area contributed by atoms with Crippen LogP contribution in [-0.4, -0.2) is 23.2 Å². The van der Waals surface area contributed by atoms with E-state index < -0.39 is 0 Å². The van der Waals surface area contributed by atoms with Crippen molar-refractivity contribution in [2.75, 3.05) is 18.8 Å². The average Bonchev–Trinajstić information content (AvgIpc) is 2.17. The van der Waals surface area contributed by atoms with Crippen LogP contribution in [0.2, 0.25) is 5.02 Å². The van der Waals surface area contributed by atoms with Crippen LogP contribution >= 0.6 is 23.4 Å². The molecule has 3 nitrogen and oxygen atoms in total. The van der Waals surface area contributed by atoms with Crippen LogP contribution in [-0.2, 0) is 0 Å². The average molecular weight is 259 g/mol. The van der Waals surface area contributed by atoms with Crippen molar-refractivity contribution in [3.05, 3.63) is 23.2 Å². The van der Waals surface area contributed by atoms with Gasteiger partial charge in [0.25, 0.3) is 5.24 Å². The van der Waals surface area contributed by atoms with Gasteiger partial charge in [0, 0.05) is 28.7 Å². The second-order valence-corrected chi connectivity index (χ2v) is 4.72. The third-order valence-corrected chi connectivity index (χ3v) is 3.24. The lowest BCUT2D eigenvalue weighted by Crippen LogP contribution is -2.26. The van der Waals surface area contributed by atoms with Crippen LogP contribution in [0.5, 0.6) is 0 Å². The van der Waals surface area contributed by atoms with Crippen molar-refractivity contribution in [1.29, 1.82) is 0 Å². The topological polar surface area (TPSA) is 46.3 Å².